The number of alkyl halides is 2. The lowest BCUT2D eigenvalue weighted by molar-refractivity contribution is -0.142. The largest absolute Gasteiger partial charge is 0.462 e. The summed E-state index contributed by atoms with van der Waals surface area (Å²) in [6, 6.07) is 0. The molecule has 0 heterocycles. The summed E-state index contributed by atoms with van der Waals surface area (Å²) in [4.78, 5) is 10.4. The second-order valence-electron chi connectivity index (χ2n) is 1.62. The van der Waals surface area contributed by atoms with E-state index in [2.05, 4.69) is 20.7 Å². The zero-order chi connectivity index (χ0) is 7.98. The van der Waals surface area contributed by atoms with Crippen LogP contribution in [0.2, 0.25) is 0 Å². The SMILES string of the molecule is O=C(CBr)OC[C@H](O)CCl. The molecule has 60 valence electrons. The number of carbonyl (C=O) groups is 1. The molecule has 0 aromatic heterocycles. The predicted octanol–water partition coefficient (Wildman–Crippen LogP) is 0.524. The Morgan fingerprint density at radius 1 is 1.80 bits per heavy atom. The van der Waals surface area contributed by atoms with Gasteiger partial charge in [-0.1, -0.05) is 15.9 Å². The van der Waals surface area contributed by atoms with Gasteiger partial charge in [0.1, 0.15) is 18.0 Å². The Labute approximate surface area is 72.4 Å². The zero-order valence-corrected chi connectivity index (χ0v) is 7.56. The Balaban J connectivity index is 3.26. The Hall–Kier alpha value is 0.200. The van der Waals surface area contributed by atoms with Crippen LogP contribution in [0, 0.1) is 0 Å². The van der Waals surface area contributed by atoms with E-state index in [1.807, 2.05) is 0 Å². The number of aliphatic hydroxyl groups excluding tert-OH is 1. The third kappa shape index (κ3) is 5.02. The minimum absolute atomic E-state index is 0.0338. The summed E-state index contributed by atoms with van der Waals surface area (Å²) in [6.45, 7) is -0.0338. The molecule has 0 aromatic carbocycles. The molecule has 5 heteroatoms. The molecule has 0 saturated heterocycles. The number of halogens is 2. The second-order valence-corrected chi connectivity index (χ2v) is 2.49. The quantitative estimate of drug-likeness (QED) is 0.567. The number of esters is 1. The van der Waals surface area contributed by atoms with Gasteiger partial charge in [-0.15, -0.1) is 11.6 Å². The average molecular weight is 231 g/mol. The van der Waals surface area contributed by atoms with Crippen LogP contribution >= 0.6 is 27.5 Å². The van der Waals surface area contributed by atoms with Crippen LogP contribution < -0.4 is 0 Å². The molecular weight excluding hydrogens is 223 g/mol. The summed E-state index contributed by atoms with van der Waals surface area (Å²) in [6.07, 6.45) is -0.760. The van der Waals surface area contributed by atoms with Crippen LogP contribution in [0.3, 0.4) is 0 Å². The van der Waals surface area contributed by atoms with Crippen LogP contribution in [0.5, 0.6) is 0 Å². The van der Waals surface area contributed by atoms with E-state index in [0.29, 0.717) is 0 Å². The van der Waals surface area contributed by atoms with Crippen molar-refractivity contribution in [1.82, 2.24) is 0 Å². The Morgan fingerprint density at radius 3 is 2.80 bits per heavy atom. The first-order valence-electron chi connectivity index (χ1n) is 2.66. The standard InChI is InChI=1S/C5H8BrClO3/c6-1-5(9)10-3-4(8)2-7/h4,8H,1-3H2/t4-/m1/s1. The summed E-state index contributed by atoms with van der Waals surface area (Å²) in [5, 5.41) is 8.92. The molecule has 0 aliphatic carbocycles. The van der Waals surface area contributed by atoms with Crippen LogP contribution in [0.4, 0.5) is 0 Å². The molecule has 0 rings (SSSR count). The first-order chi connectivity index (χ1) is 4.70. The highest BCUT2D eigenvalue weighted by molar-refractivity contribution is 9.09. The molecule has 10 heavy (non-hydrogen) atoms. The number of rotatable bonds is 4. The molecule has 0 spiro atoms. The van der Waals surface area contributed by atoms with Crippen molar-refractivity contribution in [3.63, 3.8) is 0 Å². The number of hydrogen-bond acceptors (Lipinski definition) is 3. The highest BCUT2D eigenvalue weighted by Crippen LogP contribution is 1.91. The van der Waals surface area contributed by atoms with Crippen molar-refractivity contribution < 1.29 is 14.6 Å². The third-order valence-corrected chi connectivity index (χ3v) is 1.54. The van der Waals surface area contributed by atoms with Gasteiger partial charge in [0, 0.05) is 0 Å². The predicted molar refractivity (Wildman–Crippen MR) is 41.5 cm³/mol. The first kappa shape index (κ1) is 10.2. The van der Waals surface area contributed by atoms with Gasteiger partial charge in [-0.3, -0.25) is 4.79 Å². The molecular formula is C5H8BrClO3. The van der Waals surface area contributed by atoms with E-state index in [4.69, 9.17) is 16.7 Å². The van der Waals surface area contributed by atoms with Gasteiger partial charge in [0.05, 0.1) is 5.88 Å². The van der Waals surface area contributed by atoms with Crippen LogP contribution in [0.1, 0.15) is 0 Å². The molecule has 1 N–H and O–H groups in total. The average Bonchev–Trinajstić information content (AvgIpc) is 1.99. The molecule has 0 bridgehead atoms. The Kier molecular flexibility index (Phi) is 6.06. The van der Waals surface area contributed by atoms with Crippen molar-refractivity contribution in [2.45, 2.75) is 6.10 Å². The van der Waals surface area contributed by atoms with Crippen molar-refractivity contribution in [3.05, 3.63) is 0 Å². The lowest BCUT2D eigenvalue weighted by Crippen LogP contribution is -2.20. The van der Waals surface area contributed by atoms with Gasteiger partial charge < -0.3 is 9.84 Å². The maximum atomic E-state index is 10.4. The van der Waals surface area contributed by atoms with Gasteiger partial charge in [-0.25, -0.2) is 0 Å². The molecule has 0 aliphatic rings. The fourth-order valence-corrected chi connectivity index (χ4v) is 0.523. The van der Waals surface area contributed by atoms with Crippen LogP contribution in [-0.2, 0) is 9.53 Å². The molecule has 0 aromatic rings. The van der Waals surface area contributed by atoms with E-state index in [9.17, 15) is 4.79 Å². The van der Waals surface area contributed by atoms with Gasteiger partial charge in [-0.2, -0.15) is 0 Å². The minimum Gasteiger partial charge on any atom is -0.462 e. The third-order valence-electron chi connectivity index (χ3n) is 0.724. The fraction of sp³-hybridized carbons (Fsp3) is 0.800. The molecule has 3 nitrogen and oxygen atoms in total. The van der Waals surface area contributed by atoms with Crippen molar-refractivity contribution >= 4 is 33.5 Å². The molecule has 0 radical (unpaired) electrons. The summed E-state index contributed by atoms with van der Waals surface area (Å²) >= 11 is 8.12. The molecule has 0 fully saturated rings. The van der Waals surface area contributed by atoms with E-state index in [0.717, 1.165) is 0 Å². The maximum absolute atomic E-state index is 10.4. The van der Waals surface area contributed by atoms with E-state index in [1.54, 1.807) is 0 Å². The number of aliphatic hydroxyl groups is 1. The summed E-state index contributed by atoms with van der Waals surface area (Å²) in [5.74, 6) is -0.320. The highest BCUT2D eigenvalue weighted by Gasteiger charge is 2.05. The first-order valence-corrected chi connectivity index (χ1v) is 4.32. The minimum atomic E-state index is -0.760. The lowest BCUT2D eigenvalue weighted by Gasteiger charge is -2.05. The normalized spacial score (nSPS) is 12.7. The van der Waals surface area contributed by atoms with Gasteiger partial charge >= 0.3 is 5.97 Å². The Bertz CT molecular complexity index is 109. The second kappa shape index (κ2) is 5.95. The summed E-state index contributed by atoms with van der Waals surface area (Å²) < 4.78 is 4.52. The molecule has 0 aliphatic heterocycles. The van der Waals surface area contributed by atoms with Gasteiger partial charge in [-0.05, 0) is 0 Å². The van der Waals surface area contributed by atoms with E-state index in [-0.39, 0.29) is 17.8 Å². The summed E-state index contributed by atoms with van der Waals surface area (Å²) in [7, 11) is 0. The smallest absolute Gasteiger partial charge is 0.316 e. The maximum Gasteiger partial charge on any atom is 0.316 e. The van der Waals surface area contributed by atoms with E-state index >= 15 is 0 Å². The van der Waals surface area contributed by atoms with Crippen LogP contribution in [0.25, 0.3) is 0 Å². The molecule has 0 amide bonds. The highest BCUT2D eigenvalue weighted by atomic mass is 79.9. The van der Waals surface area contributed by atoms with Crippen LogP contribution in [-0.4, -0.2) is 35.0 Å². The topological polar surface area (TPSA) is 46.5 Å². The monoisotopic (exact) mass is 230 g/mol. The lowest BCUT2D eigenvalue weighted by atomic mass is 10.4. The van der Waals surface area contributed by atoms with Crippen molar-refractivity contribution in [2.75, 3.05) is 17.8 Å². The molecule has 0 saturated carbocycles. The van der Waals surface area contributed by atoms with Crippen molar-refractivity contribution in [3.8, 4) is 0 Å². The fourth-order valence-electron chi connectivity index (χ4n) is 0.272. The van der Waals surface area contributed by atoms with Gasteiger partial charge in [0.15, 0.2) is 0 Å². The number of hydrogen-bond donors (Lipinski definition) is 1. The summed E-state index contributed by atoms with van der Waals surface area (Å²) in [5.41, 5.74) is 0. The van der Waals surface area contributed by atoms with Gasteiger partial charge in [0.25, 0.3) is 0 Å². The number of carbonyl (C=O) groups excluding carboxylic acids is 1. The van der Waals surface area contributed by atoms with Crippen LogP contribution in [0.15, 0.2) is 0 Å². The van der Waals surface area contributed by atoms with Gasteiger partial charge in [0.2, 0.25) is 0 Å². The van der Waals surface area contributed by atoms with E-state index in [1.165, 1.54) is 0 Å². The van der Waals surface area contributed by atoms with E-state index < -0.39 is 12.1 Å². The van der Waals surface area contributed by atoms with Crippen molar-refractivity contribution in [2.24, 2.45) is 0 Å². The number of ether oxygens (including phenoxy) is 1. The zero-order valence-electron chi connectivity index (χ0n) is 5.22. The molecule has 0 unspecified atom stereocenters. The Morgan fingerprint density at radius 2 is 2.40 bits per heavy atom. The van der Waals surface area contributed by atoms with Crippen molar-refractivity contribution in [1.29, 1.82) is 0 Å². The molecule has 1 atom stereocenters.